The van der Waals surface area contributed by atoms with E-state index in [1.54, 1.807) is 12.1 Å². The largest absolute Gasteiger partial charge is 0.416 e. The molecule has 0 radical (unpaired) electrons. The first kappa shape index (κ1) is 17.6. The molecule has 1 aliphatic heterocycles. The first-order valence-electron chi connectivity index (χ1n) is 8.78. The smallest absolute Gasteiger partial charge is 0.390 e. The summed E-state index contributed by atoms with van der Waals surface area (Å²) in [6.45, 7) is 5.90. The van der Waals surface area contributed by atoms with Crippen LogP contribution in [-0.2, 0) is 6.18 Å². The van der Waals surface area contributed by atoms with Crippen LogP contribution in [0.3, 0.4) is 0 Å². The van der Waals surface area contributed by atoms with Crippen LogP contribution < -0.4 is 4.90 Å². The number of halogens is 3. The maximum atomic E-state index is 12.7. The Kier molecular flexibility index (Phi) is 4.35. The second-order valence-corrected chi connectivity index (χ2v) is 7.97. The molecular weight excluding hydrogens is 315 g/mol. The molecule has 1 saturated heterocycles. The zero-order valence-electron chi connectivity index (χ0n) is 14.4. The van der Waals surface area contributed by atoms with E-state index in [9.17, 15) is 18.3 Å². The van der Waals surface area contributed by atoms with Crippen LogP contribution in [0.1, 0.15) is 51.5 Å². The van der Waals surface area contributed by atoms with E-state index in [0.29, 0.717) is 0 Å². The SMILES string of the molecule is CC(C)C1(O)CCC2(CCN(c3ccc(C(F)(F)F)cc3)C2)CC1. The minimum atomic E-state index is -4.28. The molecule has 2 fully saturated rings. The van der Waals surface area contributed by atoms with E-state index < -0.39 is 17.3 Å². The quantitative estimate of drug-likeness (QED) is 0.830. The Balaban J connectivity index is 1.66. The van der Waals surface area contributed by atoms with E-state index in [1.165, 1.54) is 12.1 Å². The molecule has 0 bridgehead atoms. The normalized spacial score (nSPS) is 31.2. The average Bonchev–Trinajstić information content (AvgIpc) is 2.94. The molecule has 1 aromatic carbocycles. The molecule has 1 aliphatic carbocycles. The number of rotatable bonds is 2. The van der Waals surface area contributed by atoms with Gasteiger partial charge in [-0.1, -0.05) is 13.8 Å². The van der Waals surface area contributed by atoms with Gasteiger partial charge in [0.25, 0.3) is 0 Å². The molecule has 5 heteroatoms. The van der Waals surface area contributed by atoms with Crippen LogP contribution in [0.15, 0.2) is 24.3 Å². The highest BCUT2D eigenvalue weighted by Crippen LogP contribution is 2.49. The summed E-state index contributed by atoms with van der Waals surface area (Å²) < 4.78 is 38.0. The maximum Gasteiger partial charge on any atom is 0.416 e. The standard InChI is InChI=1S/C19H26F3NO/c1-14(2)18(24)9-7-17(8-10-18)11-12-23(13-17)16-5-3-15(4-6-16)19(20,21)22/h3-6,14,24H,7-13H2,1-2H3. The summed E-state index contributed by atoms with van der Waals surface area (Å²) in [5.74, 6) is 0.266. The second-order valence-electron chi connectivity index (χ2n) is 7.97. The topological polar surface area (TPSA) is 23.5 Å². The van der Waals surface area contributed by atoms with Crippen LogP contribution in [-0.4, -0.2) is 23.8 Å². The highest BCUT2D eigenvalue weighted by atomic mass is 19.4. The molecule has 0 atom stereocenters. The van der Waals surface area contributed by atoms with Crippen molar-refractivity contribution >= 4 is 5.69 Å². The number of hydrogen-bond acceptors (Lipinski definition) is 2. The Morgan fingerprint density at radius 3 is 2.08 bits per heavy atom. The highest BCUT2D eigenvalue weighted by Gasteiger charge is 2.46. The molecular formula is C19H26F3NO. The van der Waals surface area contributed by atoms with Gasteiger partial charge < -0.3 is 10.0 Å². The van der Waals surface area contributed by atoms with E-state index >= 15 is 0 Å². The fraction of sp³-hybridized carbons (Fsp3) is 0.684. The van der Waals surface area contributed by atoms with E-state index in [-0.39, 0.29) is 11.3 Å². The van der Waals surface area contributed by atoms with Gasteiger partial charge in [0.15, 0.2) is 0 Å². The molecule has 1 heterocycles. The first-order chi connectivity index (χ1) is 11.1. The van der Waals surface area contributed by atoms with E-state index in [4.69, 9.17) is 0 Å². The summed E-state index contributed by atoms with van der Waals surface area (Å²) in [6.07, 6.45) is 0.423. The van der Waals surface area contributed by atoms with Crippen LogP contribution >= 0.6 is 0 Å². The molecule has 1 spiro atoms. The molecule has 1 N–H and O–H groups in total. The monoisotopic (exact) mass is 341 g/mol. The van der Waals surface area contributed by atoms with Crippen molar-refractivity contribution in [2.45, 2.75) is 57.7 Å². The van der Waals surface area contributed by atoms with Gasteiger partial charge in [-0.25, -0.2) is 0 Å². The summed E-state index contributed by atoms with van der Waals surface area (Å²) >= 11 is 0. The predicted molar refractivity (Wildman–Crippen MR) is 89.0 cm³/mol. The van der Waals surface area contributed by atoms with Crippen LogP contribution in [0.2, 0.25) is 0 Å². The van der Waals surface area contributed by atoms with Gasteiger partial charge in [0, 0.05) is 18.8 Å². The zero-order chi connectivity index (χ0) is 17.6. The molecule has 0 aromatic heterocycles. The fourth-order valence-corrected chi connectivity index (χ4v) is 4.22. The van der Waals surface area contributed by atoms with Gasteiger partial charge in [0.1, 0.15) is 0 Å². The third-order valence-electron chi connectivity index (χ3n) is 6.25. The molecule has 3 rings (SSSR count). The van der Waals surface area contributed by atoms with Gasteiger partial charge >= 0.3 is 6.18 Å². The Morgan fingerprint density at radius 2 is 1.58 bits per heavy atom. The molecule has 2 nitrogen and oxygen atoms in total. The van der Waals surface area contributed by atoms with Gasteiger partial charge in [0.2, 0.25) is 0 Å². The van der Waals surface area contributed by atoms with Gasteiger partial charge in [0.05, 0.1) is 11.2 Å². The van der Waals surface area contributed by atoms with Crippen molar-refractivity contribution in [3.63, 3.8) is 0 Å². The number of alkyl halides is 3. The molecule has 1 aromatic rings. The van der Waals surface area contributed by atoms with Crippen molar-refractivity contribution in [3.8, 4) is 0 Å². The lowest BCUT2D eigenvalue weighted by molar-refractivity contribution is -0.137. The lowest BCUT2D eigenvalue weighted by Crippen LogP contribution is -2.43. The zero-order valence-corrected chi connectivity index (χ0v) is 14.4. The summed E-state index contributed by atoms with van der Waals surface area (Å²) in [4.78, 5) is 2.19. The van der Waals surface area contributed by atoms with Gasteiger partial charge in [-0.15, -0.1) is 0 Å². The highest BCUT2D eigenvalue weighted by molar-refractivity contribution is 5.49. The lowest BCUT2D eigenvalue weighted by atomic mass is 9.65. The van der Waals surface area contributed by atoms with E-state index in [0.717, 1.165) is 50.9 Å². The number of hydrogen-bond donors (Lipinski definition) is 1. The Labute approximate surface area is 141 Å². The van der Waals surface area contributed by atoms with Gasteiger partial charge in [-0.05, 0) is 67.7 Å². The summed E-state index contributed by atoms with van der Waals surface area (Å²) in [7, 11) is 0. The Hall–Kier alpha value is -1.23. The molecule has 1 saturated carbocycles. The minimum absolute atomic E-state index is 0.212. The Morgan fingerprint density at radius 1 is 1.00 bits per heavy atom. The van der Waals surface area contributed by atoms with Crippen molar-refractivity contribution in [2.24, 2.45) is 11.3 Å². The van der Waals surface area contributed by atoms with Crippen molar-refractivity contribution in [2.75, 3.05) is 18.0 Å². The lowest BCUT2D eigenvalue weighted by Gasteiger charge is -2.44. The maximum absolute atomic E-state index is 12.7. The molecule has 0 unspecified atom stereocenters. The number of anilines is 1. The van der Waals surface area contributed by atoms with Gasteiger partial charge in [-0.2, -0.15) is 13.2 Å². The predicted octanol–water partition coefficient (Wildman–Crippen LogP) is 4.86. The van der Waals surface area contributed by atoms with Crippen LogP contribution in [0.5, 0.6) is 0 Å². The second kappa shape index (κ2) is 5.94. The Bertz CT molecular complexity index is 571. The molecule has 0 amide bonds. The third-order valence-corrected chi connectivity index (χ3v) is 6.25. The van der Waals surface area contributed by atoms with Crippen molar-refractivity contribution in [1.82, 2.24) is 0 Å². The van der Waals surface area contributed by atoms with Gasteiger partial charge in [-0.3, -0.25) is 0 Å². The van der Waals surface area contributed by atoms with Crippen LogP contribution in [0.4, 0.5) is 18.9 Å². The van der Waals surface area contributed by atoms with E-state index in [1.807, 2.05) is 0 Å². The molecule has 2 aliphatic rings. The van der Waals surface area contributed by atoms with Crippen molar-refractivity contribution in [1.29, 1.82) is 0 Å². The summed E-state index contributed by atoms with van der Waals surface area (Å²) in [5, 5.41) is 10.7. The summed E-state index contributed by atoms with van der Waals surface area (Å²) in [5.41, 5.74) is -0.0685. The fourth-order valence-electron chi connectivity index (χ4n) is 4.22. The van der Waals surface area contributed by atoms with Crippen LogP contribution in [0.25, 0.3) is 0 Å². The van der Waals surface area contributed by atoms with Crippen molar-refractivity contribution in [3.05, 3.63) is 29.8 Å². The average molecular weight is 341 g/mol. The van der Waals surface area contributed by atoms with E-state index in [2.05, 4.69) is 18.7 Å². The third kappa shape index (κ3) is 3.28. The molecule has 24 heavy (non-hydrogen) atoms. The number of aliphatic hydroxyl groups is 1. The summed E-state index contributed by atoms with van der Waals surface area (Å²) in [6, 6.07) is 5.49. The number of benzene rings is 1. The first-order valence-corrected chi connectivity index (χ1v) is 8.78. The van der Waals surface area contributed by atoms with Crippen molar-refractivity contribution < 1.29 is 18.3 Å². The number of nitrogens with zero attached hydrogens (tertiary/aromatic N) is 1. The minimum Gasteiger partial charge on any atom is -0.390 e. The molecule has 134 valence electrons. The van der Waals surface area contributed by atoms with Crippen LogP contribution in [0, 0.1) is 11.3 Å².